The Kier molecular flexibility index (Phi) is 3.83. The van der Waals surface area contributed by atoms with Gasteiger partial charge in [-0.15, -0.1) is 11.3 Å². The highest BCUT2D eigenvalue weighted by Gasteiger charge is 2.27. The molecule has 0 bridgehead atoms. The van der Waals surface area contributed by atoms with Crippen LogP contribution >= 0.6 is 11.3 Å². The number of aromatic nitrogens is 2. The Labute approximate surface area is 126 Å². The number of rotatable bonds is 5. The maximum atomic E-state index is 11.5. The number of amides is 2. The quantitative estimate of drug-likeness (QED) is 0.675. The Morgan fingerprint density at radius 3 is 2.81 bits per heavy atom. The molecule has 0 aromatic carbocycles. The first-order valence-electron chi connectivity index (χ1n) is 6.92. The number of anilines is 1. The molecule has 6 nitrogen and oxygen atoms in total. The van der Waals surface area contributed by atoms with Gasteiger partial charge in [-0.25, -0.2) is 9.97 Å². The average molecular weight is 304 g/mol. The molecular weight excluding hydrogens is 288 g/mol. The third-order valence-electron chi connectivity index (χ3n) is 3.54. The number of carbonyl (C=O) groups excluding carboxylic acids is 2. The molecule has 0 spiro atoms. The van der Waals surface area contributed by atoms with Crippen LogP contribution in [0, 0.1) is 6.92 Å². The molecule has 0 radical (unpaired) electrons. The monoisotopic (exact) mass is 304 g/mol. The van der Waals surface area contributed by atoms with E-state index in [1.165, 1.54) is 4.90 Å². The number of thiophene rings is 1. The lowest BCUT2D eigenvalue weighted by Gasteiger charge is -2.13. The highest BCUT2D eigenvalue weighted by atomic mass is 32.1. The molecule has 0 saturated carbocycles. The van der Waals surface area contributed by atoms with Gasteiger partial charge in [0.2, 0.25) is 11.8 Å². The van der Waals surface area contributed by atoms with Crippen LogP contribution in [0.3, 0.4) is 0 Å². The zero-order valence-electron chi connectivity index (χ0n) is 11.8. The van der Waals surface area contributed by atoms with E-state index in [1.54, 1.807) is 17.7 Å². The second-order valence-electron chi connectivity index (χ2n) is 5.04. The molecule has 2 amide bonds. The molecule has 2 aromatic heterocycles. The summed E-state index contributed by atoms with van der Waals surface area (Å²) in [4.78, 5) is 32.9. The largest absolute Gasteiger partial charge is 0.369 e. The van der Waals surface area contributed by atoms with E-state index < -0.39 is 0 Å². The van der Waals surface area contributed by atoms with Crippen LogP contribution in [0.4, 0.5) is 5.82 Å². The fraction of sp³-hybridized carbons (Fsp3) is 0.429. The third-order valence-corrected chi connectivity index (χ3v) is 4.63. The molecule has 1 fully saturated rings. The van der Waals surface area contributed by atoms with Crippen molar-refractivity contribution in [3.05, 3.63) is 17.3 Å². The molecule has 3 rings (SSSR count). The van der Waals surface area contributed by atoms with Gasteiger partial charge >= 0.3 is 0 Å². The van der Waals surface area contributed by atoms with Crippen molar-refractivity contribution < 1.29 is 9.59 Å². The lowest BCUT2D eigenvalue weighted by molar-refractivity contribution is -0.138. The molecule has 2 aromatic rings. The fourth-order valence-electron chi connectivity index (χ4n) is 2.41. The van der Waals surface area contributed by atoms with Crippen LogP contribution in [0.5, 0.6) is 0 Å². The van der Waals surface area contributed by atoms with Crippen LogP contribution < -0.4 is 5.32 Å². The summed E-state index contributed by atoms with van der Waals surface area (Å²) in [7, 11) is 0. The van der Waals surface area contributed by atoms with Crippen molar-refractivity contribution in [2.24, 2.45) is 0 Å². The van der Waals surface area contributed by atoms with E-state index in [0.717, 1.165) is 21.6 Å². The maximum Gasteiger partial charge on any atom is 0.229 e. The summed E-state index contributed by atoms with van der Waals surface area (Å²) in [5, 5.41) is 5.33. The molecule has 1 N–H and O–H groups in total. The van der Waals surface area contributed by atoms with E-state index in [2.05, 4.69) is 20.7 Å². The van der Waals surface area contributed by atoms with Gasteiger partial charge in [0, 0.05) is 25.9 Å². The van der Waals surface area contributed by atoms with Crippen molar-refractivity contribution in [1.29, 1.82) is 0 Å². The van der Waals surface area contributed by atoms with Gasteiger partial charge in [-0.3, -0.25) is 14.5 Å². The number of imide groups is 1. The Morgan fingerprint density at radius 1 is 1.29 bits per heavy atom. The molecule has 1 aliphatic rings. The predicted octanol–water partition coefficient (Wildman–Crippen LogP) is 1.95. The summed E-state index contributed by atoms with van der Waals surface area (Å²) in [5.41, 5.74) is 2.12. The summed E-state index contributed by atoms with van der Waals surface area (Å²) < 4.78 is 1.04. The van der Waals surface area contributed by atoms with Crippen molar-refractivity contribution in [2.75, 3.05) is 18.4 Å². The second kappa shape index (κ2) is 5.77. The Morgan fingerprint density at radius 2 is 2.05 bits per heavy atom. The molecule has 1 aliphatic heterocycles. The first-order valence-corrected chi connectivity index (χ1v) is 7.80. The number of nitrogens with zero attached hydrogens (tertiary/aromatic N) is 3. The van der Waals surface area contributed by atoms with Gasteiger partial charge in [0.05, 0.1) is 10.2 Å². The smallest absolute Gasteiger partial charge is 0.229 e. The van der Waals surface area contributed by atoms with Gasteiger partial charge < -0.3 is 5.32 Å². The van der Waals surface area contributed by atoms with Crippen LogP contribution in [0.2, 0.25) is 0 Å². The van der Waals surface area contributed by atoms with Crippen LogP contribution in [0.25, 0.3) is 10.2 Å². The standard InChI is InChI=1S/C14H16N4O2S/c1-9-7-21-13-12(9)16-8-17-14(13)15-5-2-6-18-10(19)3-4-11(18)20/h7-8H,2-6H2,1H3,(H,15,16,17). The van der Waals surface area contributed by atoms with E-state index in [-0.39, 0.29) is 11.8 Å². The summed E-state index contributed by atoms with van der Waals surface area (Å²) in [6.07, 6.45) is 2.98. The minimum Gasteiger partial charge on any atom is -0.369 e. The number of aryl methyl sites for hydroxylation is 1. The zero-order valence-corrected chi connectivity index (χ0v) is 12.6. The molecule has 0 atom stereocenters. The van der Waals surface area contributed by atoms with Gasteiger partial charge in [-0.05, 0) is 24.3 Å². The average Bonchev–Trinajstić information content (AvgIpc) is 3.01. The molecule has 110 valence electrons. The molecule has 1 saturated heterocycles. The summed E-state index contributed by atoms with van der Waals surface area (Å²) in [5.74, 6) is 0.703. The zero-order chi connectivity index (χ0) is 14.8. The molecule has 7 heteroatoms. The van der Waals surface area contributed by atoms with E-state index in [0.29, 0.717) is 32.4 Å². The number of fused-ring (bicyclic) bond motifs is 1. The molecule has 21 heavy (non-hydrogen) atoms. The van der Waals surface area contributed by atoms with Crippen LogP contribution in [-0.4, -0.2) is 39.8 Å². The fourth-order valence-corrected chi connectivity index (χ4v) is 3.38. The van der Waals surface area contributed by atoms with E-state index in [4.69, 9.17) is 0 Å². The SMILES string of the molecule is Cc1csc2c(NCCCN3C(=O)CCC3=O)ncnc12. The lowest BCUT2D eigenvalue weighted by atomic mass is 10.3. The number of hydrogen-bond donors (Lipinski definition) is 1. The van der Waals surface area contributed by atoms with E-state index in [9.17, 15) is 9.59 Å². The van der Waals surface area contributed by atoms with E-state index in [1.807, 2.05) is 6.92 Å². The third kappa shape index (κ3) is 2.73. The van der Waals surface area contributed by atoms with Crippen molar-refractivity contribution in [1.82, 2.24) is 14.9 Å². The lowest BCUT2D eigenvalue weighted by Crippen LogP contribution is -2.31. The number of nitrogens with one attached hydrogen (secondary N) is 1. The minimum absolute atomic E-state index is 0.0571. The van der Waals surface area contributed by atoms with Gasteiger partial charge in [0.15, 0.2) is 0 Å². The minimum atomic E-state index is -0.0571. The van der Waals surface area contributed by atoms with Crippen molar-refractivity contribution >= 4 is 39.2 Å². The summed E-state index contributed by atoms with van der Waals surface area (Å²) >= 11 is 1.62. The number of hydrogen-bond acceptors (Lipinski definition) is 6. The van der Waals surface area contributed by atoms with Gasteiger partial charge in [0.25, 0.3) is 0 Å². The number of likely N-dealkylation sites (tertiary alicyclic amines) is 1. The second-order valence-corrected chi connectivity index (χ2v) is 5.92. The highest BCUT2D eigenvalue weighted by Crippen LogP contribution is 2.28. The maximum absolute atomic E-state index is 11.5. The van der Waals surface area contributed by atoms with Gasteiger partial charge in [-0.2, -0.15) is 0 Å². The van der Waals surface area contributed by atoms with Crippen molar-refractivity contribution in [2.45, 2.75) is 26.2 Å². The Balaban J connectivity index is 1.57. The first kappa shape index (κ1) is 13.9. The van der Waals surface area contributed by atoms with Crippen molar-refractivity contribution in [3.63, 3.8) is 0 Å². The summed E-state index contributed by atoms with van der Waals surface area (Å²) in [6.45, 7) is 3.17. The molecule has 0 aliphatic carbocycles. The van der Waals surface area contributed by atoms with Crippen LogP contribution in [-0.2, 0) is 9.59 Å². The highest BCUT2D eigenvalue weighted by molar-refractivity contribution is 7.18. The molecule has 3 heterocycles. The Bertz CT molecular complexity index is 681. The van der Waals surface area contributed by atoms with Crippen LogP contribution in [0.15, 0.2) is 11.7 Å². The van der Waals surface area contributed by atoms with Crippen LogP contribution in [0.1, 0.15) is 24.8 Å². The Hall–Kier alpha value is -2.02. The van der Waals surface area contributed by atoms with Gasteiger partial charge in [-0.1, -0.05) is 0 Å². The van der Waals surface area contributed by atoms with E-state index >= 15 is 0 Å². The predicted molar refractivity (Wildman–Crippen MR) is 81.2 cm³/mol. The van der Waals surface area contributed by atoms with Gasteiger partial charge in [0.1, 0.15) is 12.1 Å². The normalized spacial score (nSPS) is 15.2. The molecular formula is C14H16N4O2S. The molecule has 0 unspecified atom stereocenters. The topological polar surface area (TPSA) is 75.2 Å². The summed E-state index contributed by atoms with van der Waals surface area (Å²) in [6, 6.07) is 0. The first-order chi connectivity index (χ1) is 10.2. The number of carbonyl (C=O) groups is 2. The van der Waals surface area contributed by atoms with Crippen molar-refractivity contribution in [3.8, 4) is 0 Å².